The van der Waals surface area contributed by atoms with E-state index in [1.807, 2.05) is 0 Å². The molecule has 0 heterocycles. The normalized spacial score (nSPS) is 20.4. The number of rotatable bonds is 11. The van der Waals surface area contributed by atoms with Crippen LogP contribution in [-0.4, -0.2) is 57.1 Å². The van der Waals surface area contributed by atoms with Gasteiger partial charge in [0.15, 0.2) is 5.78 Å². The molecule has 0 aromatic carbocycles. The monoisotopic (exact) mass is 342 g/mol. The number of ketones is 1. The molecule has 138 valence electrons. The third-order valence-corrected chi connectivity index (χ3v) is 4.22. The lowest BCUT2D eigenvalue weighted by atomic mass is 9.85. The summed E-state index contributed by atoms with van der Waals surface area (Å²) in [5, 5.41) is 5.69. The van der Waals surface area contributed by atoms with Crippen LogP contribution in [0.2, 0.25) is 0 Å². The number of ether oxygens (including phenoxy) is 2. The zero-order valence-corrected chi connectivity index (χ0v) is 14.8. The van der Waals surface area contributed by atoms with E-state index in [1.54, 1.807) is 14.0 Å². The maximum absolute atomic E-state index is 12.0. The van der Waals surface area contributed by atoms with Gasteiger partial charge in [0.25, 0.3) is 0 Å². The Hall–Kier alpha value is -1.47. The molecule has 1 aliphatic rings. The van der Waals surface area contributed by atoms with Crippen LogP contribution in [0.1, 0.15) is 45.4 Å². The van der Waals surface area contributed by atoms with E-state index >= 15 is 0 Å². The number of methoxy groups -OCH3 is 1. The minimum atomic E-state index is -0.0554. The first-order valence-corrected chi connectivity index (χ1v) is 8.72. The average Bonchev–Trinajstić information content (AvgIpc) is 2.59. The van der Waals surface area contributed by atoms with Gasteiger partial charge in [0.05, 0.1) is 26.4 Å². The second-order valence-corrected chi connectivity index (χ2v) is 6.08. The molecular weight excluding hydrogens is 312 g/mol. The maximum Gasteiger partial charge on any atom is 0.223 e. The van der Waals surface area contributed by atoms with Crippen LogP contribution in [0.4, 0.5) is 0 Å². The summed E-state index contributed by atoms with van der Waals surface area (Å²) in [6.45, 7) is 3.31. The highest BCUT2D eigenvalue weighted by molar-refractivity contribution is 5.86. The van der Waals surface area contributed by atoms with Gasteiger partial charge in [0.1, 0.15) is 0 Å². The van der Waals surface area contributed by atoms with Crippen molar-refractivity contribution in [1.29, 1.82) is 0 Å². The molecule has 24 heavy (non-hydrogen) atoms. The van der Waals surface area contributed by atoms with Gasteiger partial charge in [-0.05, 0) is 25.7 Å². The Kier molecular flexibility index (Phi) is 10.3. The summed E-state index contributed by atoms with van der Waals surface area (Å²) in [5.74, 6) is -0.0841. The van der Waals surface area contributed by atoms with E-state index in [0.29, 0.717) is 32.7 Å². The molecule has 0 bridgehead atoms. The van der Waals surface area contributed by atoms with E-state index < -0.39 is 0 Å². The highest BCUT2D eigenvalue weighted by atomic mass is 16.5. The van der Waals surface area contributed by atoms with Crippen LogP contribution in [0, 0.1) is 5.92 Å². The van der Waals surface area contributed by atoms with Crippen LogP contribution in [0.5, 0.6) is 0 Å². The van der Waals surface area contributed by atoms with Gasteiger partial charge in [-0.1, -0.05) is 6.92 Å². The minimum Gasteiger partial charge on any atom is -0.382 e. The number of hydrogen-bond donors (Lipinski definition) is 2. The van der Waals surface area contributed by atoms with Gasteiger partial charge < -0.3 is 20.1 Å². The van der Waals surface area contributed by atoms with Crippen LogP contribution in [-0.2, 0) is 23.9 Å². The van der Waals surface area contributed by atoms with Crippen LogP contribution >= 0.6 is 0 Å². The summed E-state index contributed by atoms with van der Waals surface area (Å²) in [6, 6.07) is 0.123. The van der Waals surface area contributed by atoms with Crippen molar-refractivity contribution in [3.63, 3.8) is 0 Å². The molecule has 1 aliphatic carbocycles. The molecule has 7 nitrogen and oxygen atoms in total. The first kappa shape index (κ1) is 20.6. The minimum absolute atomic E-state index is 0.0196. The molecule has 0 unspecified atom stereocenters. The Balaban J connectivity index is 2.15. The summed E-state index contributed by atoms with van der Waals surface area (Å²) in [4.78, 5) is 35.1. The fourth-order valence-corrected chi connectivity index (χ4v) is 2.66. The van der Waals surface area contributed by atoms with Crippen LogP contribution < -0.4 is 10.6 Å². The van der Waals surface area contributed by atoms with Gasteiger partial charge in [-0.3, -0.25) is 14.4 Å². The third-order valence-electron chi connectivity index (χ3n) is 4.22. The molecule has 1 rings (SSSR count). The molecule has 1 saturated carbocycles. The third kappa shape index (κ3) is 8.40. The molecule has 0 spiro atoms. The number of carbonyl (C=O) groups is 3. The molecular formula is C17H30N2O5. The Bertz CT molecular complexity index is 406. The molecule has 0 radical (unpaired) electrons. The quantitative estimate of drug-likeness (QED) is 0.542. The first-order valence-electron chi connectivity index (χ1n) is 8.72. The van der Waals surface area contributed by atoms with E-state index in [-0.39, 0.29) is 36.1 Å². The fraction of sp³-hybridized carbons (Fsp3) is 0.824. The largest absolute Gasteiger partial charge is 0.382 e. The summed E-state index contributed by atoms with van der Waals surface area (Å²) >= 11 is 0. The summed E-state index contributed by atoms with van der Waals surface area (Å²) < 4.78 is 10.1. The van der Waals surface area contributed by atoms with Crippen molar-refractivity contribution >= 4 is 17.6 Å². The van der Waals surface area contributed by atoms with Crippen molar-refractivity contribution in [2.24, 2.45) is 5.92 Å². The average molecular weight is 342 g/mol. The van der Waals surface area contributed by atoms with Crippen LogP contribution in [0.15, 0.2) is 0 Å². The predicted molar refractivity (Wildman–Crippen MR) is 89.5 cm³/mol. The van der Waals surface area contributed by atoms with E-state index in [2.05, 4.69) is 10.6 Å². The van der Waals surface area contributed by atoms with Crippen molar-refractivity contribution in [3.8, 4) is 0 Å². The second-order valence-electron chi connectivity index (χ2n) is 6.08. The number of hydrogen-bond acceptors (Lipinski definition) is 5. The Labute approximate surface area is 143 Å². The first-order chi connectivity index (χ1) is 11.6. The van der Waals surface area contributed by atoms with Gasteiger partial charge in [0.2, 0.25) is 11.8 Å². The SMILES string of the molecule is CCC(=O)CNC(=O)C1CCC(NC(=O)CCOCCOC)CC1. The van der Waals surface area contributed by atoms with E-state index in [9.17, 15) is 14.4 Å². The predicted octanol–water partition coefficient (Wildman–Crippen LogP) is 0.810. The fourth-order valence-electron chi connectivity index (χ4n) is 2.66. The smallest absolute Gasteiger partial charge is 0.223 e. The standard InChI is InChI=1S/C17H30N2O5/c1-3-15(20)12-18-17(22)13-4-6-14(7-5-13)19-16(21)8-9-24-11-10-23-2/h13-14H,3-12H2,1-2H3,(H,18,22)(H,19,21). The Morgan fingerprint density at radius 3 is 2.38 bits per heavy atom. The molecule has 2 N–H and O–H groups in total. The molecule has 0 aromatic rings. The van der Waals surface area contributed by atoms with E-state index in [1.165, 1.54) is 0 Å². The van der Waals surface area contributed by atoms with Crippen molar-refractivity contribution < 1.29 is 23.9 Å². The Morgan fingerprint density at radius 1 is 1.04 bits per heavy atom. The zero-order chi connectivity index (χ0) is 17.8. The summed E-state index contributed by atoms with van der Waals surface area (Å²) in [6.07, 6.45) is 3.83. The number of Topliss-reactive ketones (excluding diaryl/α,β-unsaturated/α-hetero) is 1. The lowest BCUT2D eigenvalue weighted by molar-refractivity contribution is -0.128. The van der Waals surface area contributed by atoms with Crippen molar-refractivity contribution in [1.82, 2.24) is 10.6 Å². The molecule has 0 aromatic heterocycles. The van der Waals surface area contributed by atoms with Crippen LogP contribution in [0.3, 0.4) is 0 Å². The Morgan fingerprint density at radius 2 is 1.75 bits per heavy atom. The van der Waals surface area contributed by atoms with Gasteiger partial charge >= 0.3 is 0 Å². The molecule has 0 aliphatic heterocycles. The molecule has 0 atom stereocenters. The van der Waals surface area contributed by atoms with Gasteiger partial charge in [-0.15, -0.1) is 0 Å². The lowest BCUT2D eigenvalue weighted by Crippen LogP contribution is -2.41. The zero-order valence-electron chi connectivity index (χ0n) is 14.8. The number of amides is 2. The van der Waals surface area contributed by atoms with Crippen molar-refractivity contribution in [3.05, 3.63) is 0 Å². The number of carbonyl (C=O) groups excluding carboxylic acids is 3. The highest BCUT2D eigenvalue weighted by Crippen LogP contribution is 2.24. The molecule has 0 saturated heterocycles. The maximum atomic E-state index is 12.0. The molecule has 2 amide bonds. The topological polar surface area (TPSA) is 93.7 Å². The van der Waals surface area contributed by atoms with E-state index in [4.69, 9.17) is 9.47 Å². The van der Waals surface area contributed by atoms with Gasteiger partial charge in [-0.25, -0.2) is 0 Å². The van der Waals surface area contributed by atoms with E-state index in [0.717, 1.165) is 25.7 Å². The molecule has 1 fully saturated rings. The highest BCUT2D eigenvalue weighted by Gasteiger charge is 2.27. The lowest BCUT2D eigenvalue weighted by Gasteiger charge is -2.28. The second kappa shape index (κ2) is 12.0. The number of nitrogens with one attached hydrogen (secondary N) is 2. The molecule has 7 heteroatoms. The van der Waals surface area contributed by atoms with Crippen LogP contribution in [0.25, 0.3) is 0 Å². The summed E-state index contributed by atoms with van der Waals surface area (Å²) in [5.41, 5.74) is 0. The van der Waals surface area contributed by atoms with Gasteiger partial charge in [-0.2, -0.15) is 0 Å². The summed E-state index contributed by atoms with van der Waals surface area (Å²) in [7, 11) is 1.61. The van der Waals surface area contributed by atoms with Gasteiger partial charge in [0, 0.05) is 31.9 Å². The van der Waals surface area contributed by atoms with Crippen molar-refractivity contribution in [2.45, 2.75) is 51.5 Å². The van der Waals surface area contributed by atoms with Crippen molar-refractivity contribution in [2.75, 3.05) is 33.5 Å².